The molecule has 2 nitrogen and oxygen atoms in total. The maximum Gasteiger partial charge on any atom is 0.221 e. The first-order chi connectivity index (χ1) is 15.3. The van der Waals surface area contributed by atoms with Gasteiger partial charge in [0.1, 0.15) is 0 Å². The zero-order chi connectivity index (χ0) is 20.5. The third kappa shape index (κ3) is 2.33. The number of rotatable bonds is 0. The summed E-state index contributed by atoms with van der Waals surface area (Å²) in [5, 5.41) is 5.35. The molecule has 2 aliphatic rings. The predicted octanol–water partition coefficient (Wildman–Crippen LogP) is 5.32. The van der Waals surface area contributed by atoms with E-state index in [1.54, 1.807) is 0 Å². The molecule has 7 rings (SSSR count). The molecule has 31 heavy (non-hydrogen) atoms. The summed E-state index contributed by atoms with van der Waals surface area (Å²) in [6.07, 6.45) is 6.75. The first kappa shape index (κ1) is 17.2. The summed E-state index contributed by atoms with van der Waals surface area (Å²) in [5.41, 5.74) is 10.2. The lowest BCUT2D eigenvalue weighted by Crippen LogP contribution is -2.43. The fourth-order valence-corrected chi connectivity index (χ4v) is 5.90. The van der Waals surface area contributed by atoms with E-state index in [1.807, 2.05) is 0 Å². The number of pyridine rings is 2. The lowest BCUT2D eigenvalue weighted by Gasteiger charge is -2.25. The molecule has 0 unspecified atom stereocenters. The topological polar surface area (TPSA) is 7.76 Å². The Kier molecular flexibility index (Phi) is 3.46. The molecule has 0 bridgehead atoms. The molecule has 0 saturated heterocycles. The van der Waals surface area contributed by atoms with Crippen LogP contribution in [-0.2, 0) is 25.9 Å². The van der Waals surface area contributed by atoms with Gasteiger partial charge in [-0.1, -0.05) is 42.5 Å². The van der Waals surface area contributed by atoms with Crippen LogP contribution >= 0.6 is 0 Å². The third-order valence-corrected chi connectivity index (χ3v) is 7.31. The fourth-order valence-electron chi connectivity index (χ4n) is 5.90. The van der Waals surface area contributed by atoms with Crippen LogP contribution in [0, 0.1) is 6.92 Å². The Hall–Kier alpha value is -3.52. The minimum absolute atomic E-state index is 1.04. The van der Waals surface area contributed by atoms with Crippen molar-refractivity contribution < 1.29 is 9.13 Å². The molecule has 0 spiro atoms. The first-order valence-electron chi connectivity index (χ1n) is 11.3. The van der Waals surface area contributed by atoms with E-state index in [1.165, 1.54) is 60.8 Å². The standard InChI is InChI=1S/C29H24N2/c1-19-18-22-12-16-30-14-10-20-6-2-4-8-24(20)28(30)26(22)27-23(19)13-17-31-15-11-21-7-3-5-9-25(21)29(27)31/h2-11,14-15,18H,12-13,16-17H2,1H3/q+2. The van der Waals surface area contributed by atoms with Gasteiger partial charge < -0.3 is 0 Å². The van der Waals surface area contributed by atoms with Crippen molar-refractivity contribution in [1.82, 2.24) is 0 Å². The lowest BCUT2D eigenvalue weighted by atomic mass is 9.81. The van der Waals surface area contributed by atoms with Crippen molar-refractivity contribution in [3.05, 3.63) is 95.8 Å². The zero-order valence-electron chi connectivity index (χ0n) is 17.7. The quantitative estimate of drug-likeness (QED) is 0.311. The molecule has 0 aliphatic carbocycles. The molecule has 0 atom stereocenters. The van der Waals surface area contributed by atoms with Crippen LogP contribution in [0.2, 0.25) is 0 Å². The summed E-state index contributed by atoms with van der Waals surface area (Å²) in [4.78, 5) is 0. The van der Waals surface area contributed by atoms with Crippen LogP contribution in [-0.4, -0.2) is 0 Å². The van der Waals surface area contributed by atoms with Gasteiger partial charge >= 0.3 is 0 Å². The van der Waals surface area contributed by atoms with Gasteiger partial charge in [0.15, 0.2) is 25.5 Å². The molecule has 2 aliphatic heterocycles. The van der Waals surface area contributed by atoms with E-state index in [0.717, 1.165) is 25.9 Å². The molecule has 3 aromatic carbocycles. The van der Waals surface area contributed by atoms with Crippen LogP contribution in [0.4, 0.5) is 0 Å². The van der Waals surface area contributed by atoms with Crippen LogP contribution < -0.4 is 9.13 Å². The van der Waals surface area contributed by atoms with Crippen molar-refractivity contribution >= 4 is 21.5 Å². The highest BCUT2D eigenvalue weighted by molar-refractivity contribution is 6.03. The normalized spacial score (nSPS) is 14.1. The summed E-state index contributed by atoms with van der Waals surface area (Å²) in [7, 11) is 0. The molecule has 0 fully saturated rings. The SMILES string of the molecule is Cc1cc2c(c3c1CC[n+]1ccc4ccccc4c1-3)-c1c3ccccc3cc[n+]1CC2. The molecule has 5 aromatic rings. The molecular weight excluding hydrogens is 376 g/mol. The van der Waals surface area contributed by atoms with E-state index in [9.17, 15) is 0 Å². The summed E-state index contributed by atoms with van der Waals surface area (Å²) in [5.74, 6) is 0. The largest absolute Gasteiger partial charge is 0.221 e. The van der Waals surface area contributed by atoms with Crippen LogP contribution in [0.3, 0.4) is 0 Å². The van der Waals surface area contributed by atoms with Gasteiger partial charge in [-0.3, -0.25) is 0 Å². The zero-order valence-corrected chi connectivity index (χ0v) is 17.7. The number of aryl methyl sites for hydroxylation is 4. The van der Waals surface area contributed by atoms with Crippen molar-refractivity contribution in [2.45, 2.75) is 32.9 Å². The average molecular weight is 401 g/mol. The van der Waals surface area contributed by atoms with Gasteiger partial charge in [-0.25, -0.2) is 0 Å². The Bertz CT molecular complexity index is 1540. The number of nitrogens with zero attached hydrogens (tertiary/aromatic N) is 2. The van der Waals surface area contributed by atoms with Crippen molar-refractivity contribution in [2.24, 2.45) is 0 Å². The number of hydrogen-bond donors (Lipinski definition) is 0. The molecule has 0 N–H and O–H groups in total. The summed E-state index contributed by atoms with van der Waals surface area (Å²) < 4.78 is 4.96. The number of hydrogen-bond acceptors (Lipinski definition) is 0. The smallest absolute Gasteiger partial charge is 0.197 e. The summed E-state index contributed by atoms with van der Waals surface area (Å²) in [6, 6.07) is 24.7. The Balaban J connectivity index is 1.69. The molecule has 148 valence electrons. The van der Waals surface area contributed by atoms with Gasteiger partial charge in [-0.05, 0) is 46.5 Å². The lowest BCUT2D eigenvalue weighted by molar-refractivity contribution is -0.688. The number of aromatic nitrogens is 2. The maximum absolute atomic E-state index is 2.48. The van der Waals surface area contributed by atoms with E-state index < -0.39 is 0 Å². The number of fused-ring (bicyclic) bond motifs is 11. The van der Waals surface area contributed by atoms with Gasteiger partial charge in [0.25, 0.3) is 0 Å². The van der Waals surface area contributed by atoms with Gasteiger partial charge in [0, 0.05) is 25.0 Å². The average Bonchev–Trinajstić information content (AvgIpc) is 2.83. The molecule has 0 saturated carbocycles. The van der Waals surface area contributed by atoms with E-state index >= 15 is 0 Å². The third-order valence-electron chi connectivity index (χ3n) is 7.31. The van der Waals surface area contributed by atoms with E-state index in [2.05, 4.69) is 95.2 Å². The van der Waals surface area contributed by atoms with Gasteiger partial charge in [-0.2, -0.15) is 9.13 Å². The molecular formula is C29H24N2+2. The monoisotopic (exact) mass is 400 g/mol. The van der Waals surface area contributed by atoms with Gasteiger partial charge in [-0.15, -0.1) is 0 Å². The second-order valence-corrected chi connectivity index (χ2v) is 8.97. The second-order valence-electron chi connectivity index (χ2n) is 8.97. The second kappa shape index (κ2) is 6.24. The molecule has 4 heterocycles. The minimum Gasteiger partial charge on any atom is -0.197 e. The summed E-state index contributed by atoms with van der Waals surface area (Å²) in [6.45, 7) is 4.40. The molecule has 2 heteroatoms. The van der Waals surface area contributed by atoms with E-state index in [-0.39, 0.29) is 0 Å². The Labute approximate surface area is 182 Å². The van der Waals surface area contributed by atoms with Crippen molar-refractivity contribution in [1.29, 1.82) is 0 Å². The Morgan fingerprint density at radius 2 is 1.23 bits per heavy atom. The van der Waals surface area contributed by atoms with Crippen LogP contribution in [0.15, 0.2) is 79.1 Å². The summed E-state index contributed by atoms with van der Waals surface area (Å²) >= 11 is 0. The fraction of sp³-hybridized carbons (Fsp3) is 0.172. The van der Waals surface area contributed by atoms with Crippen molar-refractivity contribution in [3.8, 4) is 22.5 Å². The van der Waals surface area contributed by atoms with Gasteiger partial charge in [0.2, 0.25) is 11.4 Å². The van der Waals surface area contributed by atoms with Crippen LogP contribution in [0.1, 0.15) is 16.7 Å². The first-order valence-corrected chi connectivity index (χ1v) is 11.3. The van der Waals surface area contributed by atoms with Crippen molar-refractivity contribution in [2.75, 3.05) is 0 Å². The van der Waals surface area contributed by atoms with Gasteiger partial charge in [0.05, 0.1) is 21.9 Å². The number of benzene rings is 3. The van der Waals surface area contributed by atoms with E-state index in [0.29, 0.717) is 0 Å². The molecule has 2 aromatic heterocycles. The highest BCUT2D eigenvalue weighted by Crippen LogP contribution is 2.44. The maximum atomic E-state index is 2.48. The highest BCUT2D eigenvalue weighted by atomic mass is 15.0. The Morgan fingerprint density at radius 3 is 1.90 bits per heavy atom. The van der Waals surface area contributed by atoms with E-state index in [4.69, 9.17) is 0 Å². The predicted molar refractivity (Wildman–Crippen MR) is 125 cm³/mol. The highest BCUT2D eigenvalue weighted by Gasteiger charge is 2.36. The molecule has 0 radical (unpaired) electrons. The Morgan fingerprint density at radius 1 is 0.645 bits per heavy atom. The van der Waals surface area contributed by atoms with Crippen LogP contribution in [0.25, 0.3) is 44.1 Å². The van der Waals surface area contributed by atoms with Crippen LogP contribution in [0.5, 0.6) is 0 Å². The van der Waals surface area contributed by atoms with Crippen molar-refractivity contribution in [3.63, 3.8) is 0 Å². The molecule has 0 amide bonds. The minimum atomic E-state index is 1.04.